The Balaban J connectivity index is 1.62. The second kappa shape index (κ2) is 5.74. The number of para-hydroxylation sites is 1. The first-order valence-corrected chi connectivity index (χ1v) is 8.33. The molecule has 124 valence electrons. The lowest BCUT2D eigenvalue weighted by Gasteiger charge is -2.42. The fourth-order valence-electron chi connectivity index (χ4n) is 3.84. The van der Waals surface area contributed by atoms with Gasteiger partial charge in [-0.25, -0.2) is 0 Å². The molecule has 1 aromatic carbocycles. The van der Waals surface area contributed by atoms with Gasteiger partial charge >= 0.3 is 0 Å². The van der Waals surface area contributed by atoms with E-state index < -0.39 is 0 Å². The summed E-state index contributed by atoms with van der Waals surface area (Å²) in [5.74, 6) is 1.01. The van der Waals surface area contributed by atoms with Crippen LogP contribution in [-0.4, -0.2) is 36.1 Å². The number of guanidine groups is 1. The normalized spacial score (nSPS) is 23.9. The third-order valence-corrected chi connectivity index (χ3v) is 4.84. The van der Waals surface area contributed by atoms with Crippen molar-refractivity contribution >= 4 is 5.96 Å². The zero-order chi connectivity index (χ0) is 16.6. The van der Waals surface area contributed by atoms with Crippen molar-refractivity contribution < 1.29 is 4.74 Å². The van der Waals surface area contributed by atoms with E-state index in [9.17, 15) is 0 Å². The van der Waals surface area contributed by atoms with E-state index in [1.54, 1.807) is 0 Å². The second-order valence-corrected chi connectivity index (χ2v) is 6.56. The zero-order valence-electron chi connectivity index (χ0n) is 13.6. The molecule has 2 aliphatic heterocycles. The minimum atomic E-state index is -0.311. The molecule has 0 aromatic heterocycles. The monoisotopic (exact) mass is 322 g/mol. The van der Waals surface area contributed by atoms with Crippen molar-refractivity contribution in [3.8, 4) is 5.75 Å². The van der Waals surface area contributed by atoms with Gasteiger partial charge in [0, 0.05) is 31.3 Å². The van der Waals surface area contributed by atoms with Crippen molar-refractivity contribution in [1.82, 2.24) is 10.2 Å². The number of allylic oxidation sites excluding steroid dienone is 3. The van der Waals surface area contributed by atoms with Crippen LogP contribution in [0.4, 0.5) is 0 Å². The first-order chi connectivity index (χ1) is 11.7. The quantitative estimate of drug-likeness (QED) is 0.587. The number of ether oxygens (including phenoxy) is 1. The molecule has 24 heavy (non-hydrogen) atoms. The Morgan fingerprint density at radius 1 is 1.38 bits per heavy atom. The molecule has 5 nitrogen and oxygen atoms in total. The Morgan fingerprint density at radius 2 is 2.25 bits per heavy atom. The highest BCUT2D eigenvalue weighted by Gasteiger charge is 2.46. The lowest BCUT2D eigenvalue weighted by atomic mass is 9.79. The van der Waals surface area contributed by atoms with E-state index >= 15 is 0 Å². The number of fused-ring (bicyclic) bond motifs is 3. The molecule has 3 aliphatic rings. The molecule has 4 N–H and O–H groups in total. The number of benzene rings is 1. The zero-order valence-corrected chi connectivity index (χ0v) is 13.6. The van der Waals surface area contributed by atoms with E-state index in [4.69, 9.17) is 15.9 Å². The molecule has 4 rings (SSSR count). The number of hydrogen-bond acceptors (Lipinski definition) is 3. The minimum Gasteiger partial charge on any atom is -0.480 e. The van der Waals surface area contributed by atoms with Crippen molar-refractivity contribution in [3.05, 3.63) is 65.4 Å². The van der Waals surface area contributed by atoms with Crippen LogP contribution in [0.2, 0.25) is 0 Å². The Morgan fingerprint density at radius 3 is 3.08 bits per heavy atom. The highest BCUT2D eigenvalue weighted by Crippen LogP contribution is 2.45. The molecule has 5 heteroatoms. The van der Waals surface area contributed by atoms with Crippen molar-refractivity contribution in [1.29, 1.82) is 5.41 Å². The summed E-state index contributed by atoms with van der Waals surface area (Å²) < 4.78 is 6.49. The lowest BCUT2D eigenvalue weighted by molar-refractivity contribution is 0.0906. The summed E-state index contributed by atoms with van der Waals surface area (Å²) in [4.78, 5) is 2.29. The number of nitrogens with one attached hydrogen (secondary N) is 2. The summed E-state index contributed by atoms with van der Waals surface area (Å²) >= 11 is 0. The van der Waals surface area contributed by atoms with Crippen molar-refractivity contribution in [2.75, 3.05) is 19.6 Å². The smallest absolute Gasteiger partial charge is 0.185 e. The summed E-state index contributed by atoms with van der Waals surface area (Å²) in [7, 11) is 0. The van der Waals surface area contributed by atoms with Crippen LogP contribution in [0, 0.1) is 5.41 Å². The van der Waals surface area contributed by atoms with Gasteiger partial charge in [-0.05, 0) is 23.6 Å². The van der Waals surface area contributed by atoms with Gasteiger partial charge in [-0.15, -0.1) is 0 Å². The molecule has 1 unspecified atom stereocenters. The highest BCUT2D eigenvalue weighted by atomic mass is 16.5. The third-order valence-electron chi connectivity index (χ3n) is 4.84. The van der Waals surface area contributed by atoms with Gasteiger partial charge in [0.2, 0.25) is 0 Å². The number of nitrogens with two attached hydrogens (primary N) is 1. The van der Waals surface area contributed by atoms with E-state index in [0.717, 1.165) is 31.7 Å². The molecular weight excluding hydrogens is 300 g/mol. The van der Waals surface area contributed by atoms with E-state index in [2.05, 4.69) is 52.8 Å². The topological polar surface area (TPSA) is 74.4 Å². The number of hydrogen-bond donors (Lipinski definition) is 3. The molecule has 0 saturated carbocycles. The van der Waals surface area contributed by atoms with Crippen LogP contribution >= 0.6 is 0 Å². The molecule has 1 aromatic rings. The SMILES string of the molecule is N=C(N)NCCN1C=C2CC=CC=C2C2(Cc3ccccc3O2)C1. The summed E-state index contributed by atoms with van der Waals surface area (Å²) in [6.45, 7) is 2.25. The third kappa shape index (κ3) is 2.56. The lowest BCUT2D eigenvalue weighted by Crippen LogP contribution is -2.51. The first kappa shape index (κ1) is 14.9. The molecule has 0 amide bonds. The Bertz CT molecular complexity index is 737. The van der Waals surface area contributed by atoms with E-state index in [-0.39, 0.29) is 11.6 Å². The summed E-state index contributed by atoms with van der Waals surface area (Å²) in [6.07, 6.45) is 10.6. The van der Waals surface area contributed by atoms with Crippen LogP contribution in [0.25, 0.3) is 0 Å². The minimum absolute atomic E-state index is 0.0140. The molecule has 0 fully saturated rings. The number of nitrogens with zero attached hydrogens (tertiary/aromatic N) is 1. The van der Waals surface area contributed by atoms with Gasteiger partial charge in [0.1, 0.15) is 5.75 Å². The highest BCUT2D eigenvalue weighted by molar-refractivity contribution is 5.74. The average Bonchev–Trinajstić information content (AvgIpc) is 2.93. The Kier molecular flexibility index (Phi) is 3.56. The van der Waals surface area contributed by atoms with Crippen LogP contribution < -0.4 is 15.8 Å². The molecule has 0 saturated heterocycles. The molecule has 1 spiro atoms. The maximum Gasteiger partial charge on any atom is 0.185 e. The van der Waals surface area contributed by atoms with Crippen molar-refractivity contribution in [3.63, 3.8) is 0 Å². The maximum absolute atomic E-state index is 7.30. The predicted molar refractivity (Wildman–Crippen MR) is 94.9 cm³/mol. The van der Waals surface area contributed by atoms with Crippen molar-refractivity contribution in [2.24, 2.45) is 5.73 Å². The van der Waals surface area contributed by atoms with Gasteiger partial charge in [0.15, 0.2) is 11.6 Å². The molecule has 1 aliphatic carbocycles. The predicted octanol–water partition coefficient (Wildman–Crippen LogP) is 1.93. The van der Waals surface area contributed by atoms with Crippen LogP contribution in [0.3, 0.4) is 0 Å². The summed E-state index contributed by atoms with van der Waals surface area (Å²) in [6, 6.07) is 8.32. The van der Waals surface area contributed by atoms with Crippen LogP contribution in [0.1, 0.15) is 12.0 Å². The van der Waals surface area contributed by atoms with Gasteiger partial charge in [0.05, 0.1) is 6.54 Å². The number of rotatable bonds is 3. The van der Waals surface area contributed by atoms with Crippen LogP contribution in [-0.2, 0) is 6.42 Å². The van der Waals surface area contributed by atoms with E-state index in [0.29, 0.717) is 6.54 Å². The molecule has 2 heterocycles. The van der Waals surface area contributed by atoms with Gasteiger partial charge in [-0.2, -0.15) is 0 Å². The molecular formula is C19H22N4O. The summed E-state index contributed by atoms with van der Waals surface area (Å²) in [5.41, 5.74) is 8.97. The van der Waals surface area contributed by atoms with Crippen LogP contribution in [0.15, 0.2) is 59.8 Å². The average molecular weight is 322 g/mol. The summed E-state index contributed by atoms with van der Waals surface area (Å²) in [5, 5.41) is 10.2. The van der Waals surface area contributed by atoms with Crippen LogP contribution in [0.5, 0.6) is 5.75 Å². The Labute approximate surface area is 142 Å². The maximum atomic E-state index is 7.30. The fourth-order valence-corrected chi connectivity index (χ4v) is 3.84. The standard InChI is InChI=1S/C19H22N4O/c20-18(21)22-9-10-23-12-15-6-1-3-7-16(15)19(13-23)11-14-5-2-4-8-17(14)24-19/h1-5,7-8,12H,6,9-11,13H2,(H4,20,21,22). The second-order valence-electron chi connectivity index (χ2n) is 6.56. The largest absolute Gasteiger partial charge is 0.480 e. The van der Waals surface area contributed by atoms with Gasteiger partial charge < -0.3 is 20.7 Å². The van der Waals surface area contributed by atoms with Gasteiger partial charge in [-0.3, -0.25) is 5.41 Å². The van der Waals surface area contributed by atoms with Crippen molar-refractivity contribution in [2.45, 2.75) is 18.4 Å². The molecule has 0 radical (unpaired) electrons. The van der Waals surface area contributed by atoms with Gasteiger partial charge in [0.25, 0.3) is 0 Å². The van der Waals surface area contributed by atoms with E-state index in [1.807, 2.05) is 6.07 Å². The van der Waals surface area contributed by atoms with Gasteiger partial charge in [-0.1, -0.05) is 36.4 Å². The molecule has 1 atom stereocenters. The molecule has 0 bridgehead atoms. The Hall–Kier alpha value is -2.69. The first-order valence-electron chi connectivity index (χ1n) is 8.33. The fraction of sp³-hybridized carbons (Fsp3) is 0.316. The van der Waals surface area contributed by atoms with E-state index in [1.165, 1.54) is 16.7 Å².